The van der Waals surface area contributed by atoms with E-state index in [4.69, 9.17) is 5.11 Å². The molecule has 0 aliphatic carbocycles. The number of carbonyl (C=O) groups excluding carboxylic acids is 1. The average molecular weight is 249 g/mol. The Labute approximate surface area is 107 Å². The summed E-state index contributed by atoms with van der Waals surface area (Å²) in [5.74, 6) is -0.0403. The Morgan fingerprint density at radius 1 is 1.39 bits per heavy atom. The first-order valence-corrected chi connectivity index (χ1v) is 6.26. The minimum atomic E-state index is -0.579. The molecule has 4 nitrogen and oxygen atoms in total. The Balaban J connectivity index is 2.22. The van der Waals surface area contributed by atoms with Crippen molar-refractivity contribution in [3.8, 4) is 0 Å². The van der Waals surface area contributed by atoms with E-state index in [9.17, 15) is 9.90 Å². The molecule has 2 rings (SSSR count). The zero-order chi connectivity index (χ0) is 13.1. The Bertz CT molecular complexity index is 416. The van der Waals surface area contributed by atoms with Crippen LogP contribution in [-0.4, -0.2) is 40.3 Å². The van der Waals surface area contributed by atoms with Crippen LogP contribution in [0.3, 0.4) is 0 Å². The number of aliphatic hydroxyl groups is 2. The predicted molar refractivity (Wildman–Crippen MR) is 68.0 cm³/mol. The van der Waals surface area contributed by atoms with Crippen molar-refractivity contribution in [1.82, 2.24) is 4.90 Å². The van der Waals surface area contributed by atoms with E-state index in [0.717, 1.165) is 11.1 Å². The maximum absolute atomic E-state index is 11.8. The number of likely N-dealkylation sites (tertiary alicyclic amines) is 1. The summed E-state index contributed by atoms with van der Waals surface area (Å²) in [6.07, 6.45) is 0.110. The number of rotatable bonds is 4. The molecular weight excluding hydrogens is 230 g/mol. The molecule has 0 saturated carbocycles. The highest BCUT2D eigenvalue weighted by molar-refractivity contribution is 5.79. The van der Waals surface area contributed by atoms with Crippen molar-refractivity contribution in [1.29, 1.82) is 0 Å². The summed E-state index contributed by atoms with van der Waals surface area (Å²) >= 11 is 0. The fourth-order valence-electron chi connectivity index (χ4n) is 2.43. The summed E-state index contributed by atoms with van der Waals surface area (Å²) in [6.45, 7) is 2.39. The van der Waals surface area contributed by atoms with Crippen LogP contribution in [0, 0.1) is 6.92 Å². The lowest BCUT2D eigenvalue weighted by Gasteiger charge is -2.28. The molecule has 1 aliphatic rings. The van der Waals surface area contributed by atoms with Gasteiger partial charge in [-0.1, -0.05) is 29.8 Å². The Hall–Kier alpha value is -1.39. The van der Waals surface area contributed by atoms with Crippen molar-refractivity contribution in [2.45, 2.75) is 31.9 Å². The van der Waals surface area contributed by atoms with Gasteiger partial charge in [-0.15, -0.1) is 0 Å². The molecule has 2 unspecified atom stereocenters. The molecular formula is C14H19NO3. The number of hydrogen-bond donors (Lipinski definition) is 2. The minimum absolute atomic E-state index is 0.0262. The van der Waals surface area contributed by atoms with Crippen molar-refractivity contribution in [3.05, 3.63) is 35.4 Å². The highest BCUT2D eigenvalue weighted by atomic mass is 16.3. The van der Waals surface area contributed by atoms with Crippen LogP contribution < -0.4 is 0 Å². The largest absolute Gasteiger partial charge is 0.396 e. The molecule has 1 aliphatic heterocycles. The number of hydrogen-bond acceptors (Lipinski definition) is 3. The molecule has 0 spiro atoms. The molecule has 1 heterocycles. The summed E-state index contributed by atoms with van der Waals surface area (Å²) in [5, 5.41) is 18.7. The average Bonchev–Trinajstić information content (AvgIpc) is 2.67. The minimum Gasteiger partial charge on any atom is -0.396 e. The van der Waals surface area contributed by atoms with Gasteiger partial charge >= 0.3 is 0 Å². The molecule has 1 fully saturated rings. The number of amides is 1. The molecule has 4 heteroatoms. The van der Waals surface area contributed by atoms with Gasteiger partial charge in [0, 0.05) is 13.2 Å². The van der Waals surface area contributed by atoms with Crippen LogP contribution in [0.5, 0.6) is 0 Å². The lowest BCUT2D eigenvalue weighted by Crippen LogP contribution is -2.31. The highest BCUT2D eigenvalue weighted by Crippen LogP contribution is 2.28. The van der Waals surface area contributed by atoms with Crippen molar-refractivity contribution < 1.29 is 15.0 Å². The van der Waals surface area contributed by atoms with Gasteiger partial charge in [-0.25, -0.2) is 0 Å². The first-order chi connectivity index (χ1) is 8.61. The van der Waals surface area contributed by atoms with Crippen LogP contribution in [0.1, 0.15) is 30.0 Å². The predicted octanol–water partition coefficient (Wildman–Crippen LogP) is 1.01. The van der Waals surface area contributed by atoms with Crippen molar-refractivity contribution in [3.63, 3.8) is 0 Å². The molecule has 18 heavy (non-hydrogen) atoms. The van der Waals surface area contributed by atoms with E-state index in [0.29, 0.717) is 13.0 Å². The van der Waals surface area contributed by atoms with Gasteiger partial charge in [0.2, 0.25) is 5.91 Å². The van der Waals surface area contributed by atoms with Gasteiger partial charge in [-0.2, -0.15) is 0 Å². The highest BCUT2D eigenvalue weighted by Gasteiger charge is 2.33. The van der Waals surface area contributed by atoms with Crippen LogP contribution >= 0.6 is 0 Å². The summed E-state index contributed by atoms with van der Waals surface area (Å²) in [4.78, 5) is 13.5. The topological polar surface area (TPSA) is 60.8 Å². The van der Waals surface area contributed by atoms with Crippen molar-refractivity contribution in [2.75, 3.05) is 13.2 Å². The van der Waals surface area contributed by atoms with Crippen molar-refractivity contribution >= 4 is 5.91 Å². The molecule has 0 bridgehead atoms. The molecule has 1 saturated heterocycles. The fraction of sp³-hybridized carbons (Fsp3) is 0.500. The Morgan fingerprint density at radius 2 is 2.06 bits per heavy atom. The zero-order valence-electron chi connectivity index (χ0n) is 10.5. The Kier molecular flexibility index (Phi) is 3.99. The molecule has 98 valence electrons. The summed E-state index contributed by atoms with van der Waals surface area (Å²) < 4.78 is 0. The maximum atomic E-state index is 11.8. The van der Waals surface area contributed by atoms with Crippen molar-refractivity contribution in [2.24, 2.45) is 0 Å². The molecule has 2 N–H and O–H groups in total. The van der Waals surface area contributed by atoms with E-state index in [1.807, 2.05) is 31.2 Å². The maximum Gasteiger partial charge on any atom is 0.225 e. The lowest BCUT2D eigenvalue weighted by molar-refractivity contribution is -0.130. The number of aryl methyl sites for hydroxylation is 1. The van der Waals surface area contributed by atoms with E-state index in [1.165, 1.54) is 0 Å². The molecule has 1 amide bonds. The van der Waals surface area contributed by atoms with E-state index < -0.39 is 6.10 Å². The van der Waals surface area contributed by atoms with E-state index in [1.54, 1.807) is 4.90 Å². The van der Waals surface area contributed by atoms with Gasteiger partial charge in [0.15, 0.2) is 0 Å². The second-order valence-electron chi connectivity index (χ2n) is 4.84. The standard InChI is InChI=1S/C14H19NO3/c1-10-2-4-11(5-3-10)13(6-7-16)15-9-12(17)8-14(15)18/h2-5,12-13,16-17H,6-9H2,1H3. The third-order valence-electron chi connectivity index (χ3n) is 3.38. The molecule has 1 aromatic rings. The van der Waals surface area contributed by atoms with Crippen LogP contribution in [0.25, 0.3) is 0 Å². The van der Waals surface area contributed by atoms with E-state index >= 15 is 0 Å². The van der Waals surface area contributed by atoms with E-state index in [2.05, 4.69) is 0 Å². The number of carbonyl (C=O) groups is 1. The normalized spacial score (nSPS) is 21.4. The van der Waals surface area contributed by atoms with Crippen LogP contribution in [0.4, 0.5) is 0 Å². The zero-order valence-corrected chi connectivity index (χ0v) is 10.5. The van der Waals surface area contributed by atoms with Gasteiger partial charge in [-0.3, -0.25) is 4.79 Å². The van der Waals surface area contributed by atoms with E-state index in [-0.39, 0.29) is 25.0 Å². The molecule has 0 radical (unpaired) electrons. The summed E-state index contributed by atoms with van der Waals surface area (Å²) in [6, 6.07) is 7.81. The molecule has 0 aromatic heterocycles. The van der Waals surface area contributed by atoms with Gasteiger partial charge in [0.05, 0.1) is 18.6 Å². The smallest absolute Gasteiger partial charge is 0.225 e. The van der Waals surface area contributed by atoms with Crippen LogP contribution in [-0.2, 0) is 4.79 Å². The molecule has 1 aromatic carbocycles. The Morgan fingerprint density at radius 3 is 2.56 bits per heavy atom. The van der Waals surface area contributed by atoms with Gasteiger partial charge in [0.1, 0.15) is 0 Å². The second-order valence-corrected chi connectivity index (χ2v) is 4.84. The quantitative estimate of drug-likeness (QED) is 0.837. The first-order valence-electron chi connectivity index (χ1n) is 6.26. The summed E-state index contributed by atoms with van der Waals surface area (Å²) in [5.41, 5.74) is 2.17. The fourth-order valence-corrected chi connectivity index (χ4v) is 2.43. The lowest BCUT2D eigenvalue weighted by atomic mass is 10.0. The van der Waals surface area contributed by atoms with Gasteiger partial charge in [0.25, 0.3) is 0 Å². The van der Waals surface area contributed by atoms with Gasteiger partial charge < -0.3 is 15.1 Å². The number of nitrogens with zero attached hydrogens (tertiary/aromatic N) is 1. The second kappa shape index (κ2) is 5.50. The van der Waals surface area contributed by atoms with Crippen LogP contribution in [0.2, 0.25) is 0 Å². The third kappa shape index (κ3) is 2.71. The van der Waals surface area contributed by atoms with Gasteiger partial charge in [-0.05, 0) is 18.9 Å². The number of aliphatic hydroxyl groups excluding tert-OH is 2. The van der Waals surface area contributed by atoms with Crippen LogP contribution in [0.15, 0.2) is 24.3 Å². The third-order valence-corrected chi connectivity index (χ3v) is 3.38. The summed E-state index contributed by atoms with van der Waals surface area (Å²) in [7, 11) is 0. The number of benzene rings is 1. The molecule has 2 atom stereocenters. The monoisotopic (exact) mass is 249 g/mol. The first kappa shape index (κ1) is 13.1. The number of β-amino-alcohol motifs (C(OH)–C–C–N with tert-alkyl or cyclic N) is 1. The SMILES string of the molecule is Cc1ccc(C(CCO)N2CC(O)CC2=O)cc1.